The number of hydrogen-bond acceptors (Lipinski definition) is 3. The van der Waals surface area contributed by atoms with Crippen LogP contribution in [0.1, 0.15) is 38.3 Å². The summed E-state index contributed by atoms with van der Waals surface area (Å²) in [6, 6.07) is 8.01. The van der Waals surface area contributed by atoms with E-state index in [1.54, 1.807) is 0 Å². The summed E-state index contributed by atoms with van der Waals surface area (Å²) in [4.78, 5) is 12.2. The third kappa shape index (κ3) is 2.25. The summed E-state index contributed by atoms with van der Waals surface area (Å²) < 4.78 is 5.19. The van der Waals surface area contributed by atoms with E-state index >= 15 is 0 Å². The molecule has 1 aliphatic rings. The second-order valence-electron chi connectivity index (χ2n) is 5.26. The molecule has 1 aromatic rings. The lowest BCUT2D eigenvalue weighted by molar-refractivity contribution is -0.139. The molecule has 3 nitrogen and oxygen atoms in total. The standard InChI is InChI=1S/C16H21NO2/c1-4-16(3)10-11-8-6-7-9-12(11)14(17)13(16)15(18)19-5-2/h6-9H,4-5,10,17H2,1-3H3/t16-/m0/s1. The lowest BCUT2D eigenvalue weighted by Gasteiger charge is -2.36. The molecule has 0 radical (unpaired) electrons. The van der Waals surface area contributed by atoms with E-state index in [2.05, 4.69) is 19.9 Å². The Labute approximate surface area is 114 Å². The van der Waals surface area contributed by atoms with Gasteiger partial charge in [-0.1, -0.05) is 38.1 Å². The first kappa shape index (κ1) is 13.7. The van der Waals surface area contributed by atoms with Gasteiger partial charge in [0.1, 0.15) is 0 Å². The van der Waals surface area contributed by atoms with E-state index in [9.17, 15) is 4.79 Å². The molecule has 102 valence electrons. The van der Waals surface area contributed by atoms with Crippen LogP contribution >= 0.6 is 0 Å². The number of carbonyl (C=O) groups is 1. The van der Waals surface area contributed by atoms with Crippen LogP contribution in [0.15, 0.2) is 29.8 Å². The van der Waals surface area contributed by atoms with Crippen molar-refractivity contribution in [3.8, 4) is 0 Å². The lowest BCUT2D eigenvalue weighted by atomic mass is 9.69. The summed E-state index contributed by atoms with van der Waals surface area (Å²) in [5, 5.41) is 0. The van der Waals surface area contributed by atoms with Gasteiger partial charge >= 0.3 is 5.97 Å². The number of carbonyl (C=O) groups excluding carboxylic acids is 1. The fourth-order valence-electron chi connectivity index (χ4n) is 2.77. The van der Waals surface area contributed by atoms with E-state index in [-0.39, 0.29) is 11.4 Å². The van der Waals surface area contributed by atoms with Crippen LogP contribution in [0.3, 0.4) is 0 Å². The number of esters is 1. The summed E-state index contributed by atoms with van der Waals surface area (Å²) in [7, 11) is 0. The molecule has 2 N–H and O–H groups in total. The summed E-state index contributed by atoms with van der Waals surface area (Å²) in [6.07, 6.45) is 1.69. The maximum absolute atomic E-state index is 12.2. The van der Waals surface area contributed by atoms with Gasteiger partial charge in [-0.2, -0.15) is 0 Å². The number of benzene rings is 1. The number of nitrogens with two attached hydrogens (primary N) is 1. The van der Waals surface area contributed by atoms with Crippen LogP contribution in [0.2, 0.25) is 0 Å². The van der Waals surface area contributed by atoms with Crippen molar-refractivity contribution in [1.82, 2.24) is 0 Å². The van der Waals surface area contributed by atoms with Crippen LogP contribution in [0.25, 0.3) is 5.70 Å². The van der Waals surface area contributed by atoms with Gasteiger partial charge in [-0.05, 0) is 25.3 Å². The predicted molar refractivity (Wildman–Crippen MR) is 76.3 cm³/mol. The largest absolute Gasteiger partial charge is 0.463 e. The Morgan fingerprint density at radius 2 is 2.05 bits per heavy atom. The smallest absolute Gasteiger partial charge is 0.336 e. The molecule has 0 aromatic heterocycles. The summed E-state index contributed by atoms with van der Waals surface area (Å²) >= 11 is 0. The molecule has 1 aromatic carbocycles. The van der Waals surface area contributed by atoms with E-state index in [4.69, 9.17) is 10.5 Å². The molecule has 0 heterocycles. The highest BCUT2D eigenvalue weighted by molar-refractivity contribution is 5.99. The molecule has 0 fully saturated rings. The summed E-state index contributed by atoms with van der Waals surface area (Å²) in [6.45, 7) is 6.36. The van der Waals surface area contributed by atoms with Crippen molar-refractivity contribution >= 4 is 11.7 Å². The highest BCUT2D eigenvalue weighted by Crippen LogP contribution is 2.43. The van der Waals surface area contributed by atoms with Crippen LogP contribution < -0.4 is 5.73 Å². The van der Waals surface area contributed by atoms with Crippen molar-refractivity contribution in [1.29, 1.82) is 0 Å². The third-order valence-electron chi connectivity index (χ3n) is 4.02. The monoisotopic (exact) mass is 259 g/mol. The Hall–Kier alpha value is -1.77. The zero-order valence-electron chi connectivity index (χ0n) is 11.8. The van der Waals surface area contributed by atoms with Gasteiger partial charge in [-0.15, -0.1) is 0 Å². The van der Waals surface area contributed by atoms with Crippen molar-refractivity contribution in [3.63, 3.8) is 0 Å². The second kappa shape index (κ2) is 5.08. The lowest BCUT2D eigenvalue weighted by Crippen LogP contribution is -2.34. The summed E-state index contributed by atoms with van der Waals surface area (Å²) in [5.41, 5.74) is 9.39. The second-order valence-corrected chi connectivity index (χ2v) is 5.26. The molecule has 0 bridgehead atoms. The van der Waals surface area contributed by atoms with Gasteiger partial charge in [-0.25, -0.2) is 4.79 Å². The van der Waals surface area contributed by atoms with Crippen molar-refractivity contribution < 1.29 is 9.53 Å². The van der Waals surface area contributed by atoms with Gasteiger partial charge in [0.05, 0.1) is 17.9 Å². The molecular formula is C16H21NO2. The molecule has 1 aliphatic carbocycles. The van der Waals surface area contributed by atoms with E-state index in [0.29, 0.717) is 17.9 Å². The molecule has 0 aliphatic heterocycles. The van der Waals surface area contributed by atoms with Crippen LogP contribution in [0.5, 0.6) is 0 Å². The first-order chi connectivity index (χ1) is 9.03. The van der Waals surface area contributed by atoms with Gasteiger partial charge < -0.3 is 10.5 Å². The number of fused-ring (bicyclic) bond motifs is 1. The number of hydrogen-bond donors (Lipinski definition) is 1. The van der Waals surface area contributed by atoms with Crippen molar-refractivity contribution in [2.45, 2.75) is 33.6 Å². The number of rotatable bonds is 3. The quantitative estimate of drug-likeness (QED) is 0.849. The van der Waals surface area contributed by atoms with Crippen LogP contribution in [0.4, 0.5) is 0 Å². The Bertz CT molecular complexity index is 533. The summed E-state index contributed by atoms with van der Waals surface area (Å²) in [5.74, 6) is -0.279. The minimum absolute atomic E-state index is 0.245. The van der Waals surface area contributed by atoms with Crippen molar-refractivity contribution in [2.24, 2.45) is 11.1 Å². The zero-order chi connectivity index (χ0) is 14.0. The Balaban J connectivity index is 2.59. The fraction of sp³-hybridized carbons (Fsp3) is 0.438. The Morgan fingerprint density at radius 1 is 1.37 bits per heavy atom. The van der Waals surface area contributed by atoms with E-state index < -0.39 is 0 Å². The highest BCUT2D eigenvalue weighted by atomic mass is 16.5. The average Bonchev–Trinajstić information content (AvgIpc) is 2.39. The molecular weight excluding hydrogens is 238 g/mol. The molecule has 0 amide bonds. The van der Waals surface area contributed by atoms with Gasteiger partial charge in [0.25, 0.3) is 0 Å². The van der Waals surface area contributed by atoms with Crippen molar-refractivity contribution in [3.05, 3.63) is 41.0 Å². The Morgan fingerprint density at radius 3 is 2.68 bits per heavy atom. The molecule has 0 unspecified atom stereocenters. The first-order valence-corrected chi connectivity index (χ1v) is 6.79. The van der Waals surface area contributed by atoms with Crippen LogP contribution in [-0.2, 0) is 16.0 Å². The van der Waals surface area contributed by atoms with E-state index in [1.807, 2.05) is 25.1 Å². The van der Waals surface area contributed by atoms with Crippen molar-refractivity contribution in [2.75, 3.05) is 6.61 Å². The van der Waals surface area contributed by atoms with E-state index in [1.165, 1.54) is 5.56 Å². The highest BCUT2D eigenvalue weighted by Gasteiger charge is 2.39. The average molecular weight is 259 g/mol. The predicted octanol–water partition coefficient (Wildman–Crippen LogP) is 2.89. The molecule has 1 atom stereocenters. The minimum atomic E-state index is -0.279. The minimum Gasteiger partial charge on any atom is -0.463 e. The maximum atomic E-state index is 12.2. The maximum Gasteiger partial charge on any atom is 0.336 e. The van der Waals surface area contributed by atoms with Crippen LogP contribution in [-0.4, -0.2) is 12.6 Å². The molecule has 0 saturated carbocycles. The molecule has 2 rings (SSSR count). The molecule has 19 heavy (non-hydrogen) atoms. The third-order valence-corrected chi connectivity index (χ3v) is 4.02. The first-order valence-electron chi connectivity index (χ1n) is 6.79. The molecule has 3 heteroatoms. The fourth-order valence-corrected chi connectivity index (χ4v) is 2.77. The molecule has 0 spiro atoms. The van der Waals surface area contributed by atoms with Gasteiger partial charge in [0.15, 0.2) is 0 Å². The van der Waals surface area contributed by atoms with Gasteiger partial charge in [-0.3, -0.25) is 0 Å². The van der Waals surface area contributed by atoms with Gasteiger partial charge in [0, 0.05) is 11.0 Å². The van der Waals surface area contributed by atoms with Crippen LogP contribution in [0, 0.1) is 5.41 Å². The Kier molecular flexibility index (Phi) is 3.65. The normalized spacial score (nSPS) is 22.1. The topological polar surface area (TPSA) is 52.3 Å². The number of ether oxygens (including phenoxy) is 1. The SMILES string of the molecule is CCOC(=O)C1=C(N)c2ccccc2C[C@]1(C)CC. The van der Waals surface area contributed by atoms with E-state index in [0.717, 1.165) is 18.4 Å². The zero-order valence-corrected chi connectivity index (χ0v) is 11.8. The van der Waals surface area contributed by atoms with Gasteiger partial charge in [0.2, 0.25) is 0 Å². The molecule has 0 saturated heterocycles.